The minimum Gasteiger partial charge on any atom is -0.382 e. The monoisotopic (exact) mass is 546 g/mol. The van der Waals surface area contributed by atoms with Gasteiger partial charge in [0.25, 0.3) is 0 Å². The van der Waals surface area contributed by atoms with Crippen LogP contribution in [0.1, 0.15) is 22.2 Å². The molecule has 8 nitrogen and oxygen atoms in total. The Kier molecular flexibility index (Phi) is 6.53. The molecule has 1 saturated heterocycles. The summed E-state index contributed by atoms with van der Waals surface area (Å²) < 4.78 is 6.14. The highest BCUT2D eigenvalue weighted by atomic mass is 79.9. The average molecular weight is 548 g/mol. The average Bonchev–Trinajstić information content (AvgIpc) is 3.48. The summed E-state index contributed by atoms with van der Waals surface area (Å²) in [6.07, 6.45) is 1.48. The number of benzene rings is 2. The highest BCUT2D eigenvalue weighted by molar-refractivity contribution is 9.10. The third kappa shape index (κ3) is 4.58. The lowest BCUT2D eigenvalue weighted by atomic mass is 10.1. The second-order valence-corrected chi connectivity index (χ2v) is 10.1. The Morgan fingerprint density at radius 3 is 3.00 bits per heavy atom. The van der Waals surface area contributed by atoms with Gasteiger partial charge in [-0.1, -0.05) is 27.5 Å². The Balaban J connectivity index is 1.49. The quantitative estimate of drug-likeness (QED) is 0.289. The van der Waals surface area contributed by atoms with Gasteiger partial charge in [-0.3, -0.25) is 10.1 Å². The molecule has 1 aliphatic heterocycles. The molecular weight excluding hydrogens is 528 g/mol. The van der Waals surface area contributed by atoms with Crippen LogP contribution in [-0.4, -0.2) is 57.1 Å². The van der Waals surface area contributed by atoms with Crippen LogP contribution in [0.15, 0.2) is 41.1 Å². The molecule has 0 saturated carbocycles. The van der Waals surface area contributed by atoms with E-state index in [4.69, 9.17) is 16.3 Å². The van der Waals surface area contributed by atoms with Gasteiger partial charge < -0.3 is 15.0 Å². The van der Waals surface area contributed by atoms with Gasteiger partial charge in [-0.05, 0) is 30.3 Å². The maximum Gasteiger partial charge on any atom is 0.191 e. The second kappa shape index (κ2) is 9.55. The summed E-state index contributed by atoms with van der Waals surface area (Å²) in [5, 5.41) is 7.84. The van der Waals surface area contributed by atoms with Gasteiger partial charge in [0.15, 0.2) is 5.78 Å². The molecule has 0 amide bonds. The molecule has 3 heterocycles. The lowest BCUT2D eigenvalue weighted by Crippen LogP contribution is -2.29. The van der Waals surface area contributed by atoms with Gasteiger partial charge in [0.1, 0.15) is 29.4 Å². The van der Waals surface area contributed by atoms with Crippen LogP contribution < -0.4 is 10.6 Å². The molecule has 170 valence electrons. The molecular formula is C22H20BrClN6O2S. The number of hydrogen-bond acceptors (Lipinski definition) is 8. The summed E-state index contributed by atoms with van der Waals surface area (Å²) in [7, 11) is 1.63. The van der Waals surface area contributed by atoms with Crippen molar-refractivity contribution in [2.75, 3.05) is 31.3 Å². The highest BCUT2D eigenvalue weighted by Gasteiger charge is 2.26. The minimum absolute atomic E-state index is 0.0394. The molecule has 0 spiro atoms. The van der Waals surface area contributed by atoms with E-state index in [1.807, 2.05) is 24.3 Å². The summed E-state index contributed by atoms with van der Waals surface area (Å²) >= 11 is 11.3. The lowest BCUT2D eigenvalue weighted by molar-refractivity contribution is 0.0981. The molecule has 2 atom stereocenters. The zero-order valence-corrected chi connectivity index (χ0v) is 20.7. The van der Waals surface area contributed by atoms with E-state index in [1.165, 1.54) is 6.33 Å². The highest BCUT2D eigenvalue weighted by Crippen LogP contribution is 2.31. The molecule has 2 aromatic carbocycles. The molecule has 11 heteroatoms. The Morgan fingerprint density at radius 2 is 2.21 bits per heavy atom. The van der Waals surface area contributed by atoms with Crippen LogP contribution in [0, 0.1) is 0 Å². The van der Waals surface area contributed by atoms with Crippen LogP contribution in [0.2, 0.25) is 5.02 Å². The van der Waals surface area contributed by atoms with Crippen molar-refractivity contribution in [3.05, 3.63) is 57.5 Å². The number of nitrogens with zero attached hydrogens (tertiary/aromatic N) is 3. The fourth-order valence-corrected chi connectivity index (χ4v) is 5.50. The van der Waals surface area contributed by atoms with Crippen molar-refractivity contribution in [3.63, 3.8) is 0 Å². The molecule has 0 aliphatic carbocycles. The number of halogens is 2. The molecule has 1 aliphatic rings. The maximum absolute atomic E-state index is 12.9. The normalized spacial score (nSPS) is 17.0. The van der Waals surface area contributed by atoms with Crippen LogP contribution in [0.5, 0.6) is 0 Å². The van der Waals surface area contributed by atoms with E-state index in [2.05, 4.69) is 46.5 Å². The number of carbonyl (C=O) groups is 1. The van der Waals surface area contributed by atoms with Gasteiger partial charge in [0.2, 0.25) is 0 Å². The smallest absolute Gasteiger partial charge is 0.191 e. The fraction of sp³-hybridized carbons (Fsp3) is 0.273. The van der Waals surface area contributed by atoms with E-state index >= 15 is 0 Å². The summed E-state index contributed by atoms with van der Waals surface area (Å²) in [4.78, 5) is 29.8. The standard InChI is InChI=1S/C22H20BrClN6O2S/c1-32-9-18(21-28-15-3-2-11(24)6-17(15)29-21)30-20-13-7-14(23)12(8-16(13)26-10-27-20)19(31)22-25-4-5-33-22/h2-3,6-8,10,18,22,25H,4-5,9H2,1H3,(H,28,29)(H,26,27,30)/t18-,22?/m1/s1. The molecule has 4 aromatic rings. The summed E-state index contributed by atoms with van der Waals surface area (Å²) in [5.41, 5.74) is 2.93. The molecule has 2 aromatic heterocycles. The zero-order chi connectivity index (χ0) is 22.9. The van der Waals surface area contributed by atoms with E-state index in [0.717, 1.165) is 28.7 Å². The van der Waals surface area contributed by atoms with E-state index in [1.54, 1.807) is 24.9 Å². The third-order valence-corrected chi connectivity index (χ3v) is 7.43. The number of carbonyl (C=O) groups excluding carboxylic acids is 1. The van der Waals surface area contributed by atoms with Crippen molar-refractivity contribution in [3.8, 4) is 0 Å². The number of aromatic nitrogens is 4. The Labute approximate surface area is 207 Å². The number of anilines is 1. The zero-order valence-electron chi connectivity index (χ0n) is 17.6. The van der Waals surface area contributed by atoms with Crippen molar-refractivity contribution in [2.24, 2.45) is 0 Å². The van der Waals surface area contributed by atoms with Crippen LogP contribution in [0.25, 0.3) is 21.9 Å². The number of aromatic amines is 1. The Hall–Kier alpha value is -2.24. The first-order valence-electron chi connectivity index (χ1n) is 10.3. The Bertz CT molecular complexity index is 1340. The maximum atomic E-state index is 12.9. The number of thioether (sulfide) groups is 1. The van der Waals surface area contributed by atoms with Crippen LogP contribution in [0.3, 0.4) is 0 Å². The predicted octanol–water partition coefficient (Wildman–Crippen LogP) is 4.57. The van der Waals surface area contributed by atoms with Crippen LogP contribution in [-0.2, 0) is 4.74 Å². The van der Waals surface area contributed by atoms with Crippen LogP contribution >= 0.6 is 39.3 Å². The third-order valence-electron chi connectivity index (χ3n) is 5.38. The minimum atomic E-state index is -0.293. The molecule has 0 radical (unpaired) electrons. The first kappa shape index (κ1) is 22.5. The first-order valence-corrected chi connectivity index (χ1v) is 12.5. The van der Waals surface area contributed by atoms with Gasteiger partial charge in [-0.25, -0.2) is 15.0 Å². The number of rotatable bonds is 7. The first-order chi connectivity index (χ1) is 16.0. The molecule has 33 heavy (non-hydrogen) atoms. The second-order valence-electron chi connectivity index (χ2n) is 7.58. The number of ketones is 1. The number of ether oxygens (including phenoxy) is 1. The van der Waals surface area contributed by atoms with Crippen LogP contribution in [0.4, 0.5) is 5.82 Å². The van der Waals surface area contributed by atoms with E-state index in [-0.39, 0.29) is 17.2 Å². The van der Waals surface area contributed by atoms with Gasteiger partial charge >= 0.3 is 0 Å². The molecule has 1 unspecified atom stereocenters. The lowest BCUT2D eigenvalue weighted by Gasteiger charge is -2.18. The molecule has 3 N–H and O–H groups in total. The summed E-state index contributed by atoms with van der Waals surface area (Å²) in [6, 6.07) is 8.91. The number of imidazole rings is 1. The van der Waals surface area contributed by atoms with Crippen molar-refractivity contribution in [1.82, 2.24) is 25.3 Å². The van der Waals surface area contributed by atoms with Crippen molar-refractivity contribution in [1.29, 1.82) is 0 Å². The molecule has 1 fully saturated rings. The summed E-state index contributed by atoms with van der Waals surface area (Å²) in [6.45, 7) is 1.19. The van der Waals surface area contributed by atoms with Crippen molar-refractivity contribution in [2.45, 2.75) is 11.4 Å². The number of nitrogens with one attached hydrogen (secondary N) is 3. The van der Waals surface area contributed by atoms with Gasteiger partial charge in [0, 0.05) is 39.9 Å². The van der Waals surface area contributed by atoms with E-state index in [9.17, 15) is 4.79 Å². The number of H-pyrrole nitrogens is 1. The van der Waals surface area contributed by atoms with Gasteiger partial charge in [-0.2, -0.15) is 0 Å². The fourth-order valence-electron chi connectivity index (χ4n) is 3.80. The number of hydrogen-bond donors (Lipinski definition) is 3. The molecule has 0 bridgehead atoms. The van der Waals surface area contributed by atoms with Crippen molar-refractivity contribution < 1.29 is 9.53 Å². The van der Waals surface area contributed by atoms with Crippen molar-refractivity contribution >= 4 is 72.8 Å². The SMILES string of the molecule is COC[C@@H](Nc1ncnc2cc(C(=O)C3NCCS3)c(Br)cc12)c1nc2ccc(Cl)cc2[nH]1. The largest absolute Gasteiger partial charge is 0.382 e. The topological polar surface area (TPSA) is 105 Å². The van der Waals surface area contributed by atoms with E-state index < -0.39 is 0 Å². The van der Waals surface area contributed by atoms with Gasteiger partial charge in [0.05, 0.1) is 23.2 Å². The Morgan fingerprint density at radius 1 is 1.33 bits per heavy atom. The van der Waals surface area contributed by atoms with Gasteiger partial charge in [-0.15, -0.1) is 11.8 Å². The summed E-state index contributed by atoms with van der Waals surface area (Å²) in [5.74, 6) is 2.29. The number of fused-ring (bicyclic) bond motifs is 2. The van der Waals surface area contributed by atoms with E-state index in [0.29, 0.717) is 38.8 Å². The molecule has 5 rings (SSSR count). The predicted molar refractivity (Wildman–Crippen MR) is 135 cm³/mol. The number of methoxy groups -OCH3 is 1. The number of Topliss-reactive ketones (excluding diaryl/α,β-unsaturated/α-hetero) is 1.